The molecule has 2 aliphatic rings. The summed E-state index contributed by atoms with van der Waals surface area (Å²) in [5.74, 6) is -0.0970. The summed E-state index contributed by atoms with van der Waals surface area (Å²) in [5, 5.41) is 13.9. The molecule has 2 aromatic heterocycles. The molecule has 5 rings (SSSR count). The van der Waals surface area contributed by atoms with Gasteiger partial charge >= 0.3 is 0 Å². The number of aliphatic hydroxyl groups is 1. The maximum atomic E-state index is 14.3. The van der Waals surface area contributed by atoms with Crippen molar-refractivity contribution in [3.63, 3.8) is 0 Å². The van der Waals surface area contributed by atoms with E-state index in [1.165, 1.54) is 22.8 Å². The fourth-order valence-corrected chi connectivity index (χ4v) is 4.33. The summed E-state index contributed by atoms with van der Waals surface area (Å²) in [6, 6.07) is 7.55. The highest BCUT2D eigenvalue weighted by molar-refractivity contribution is 6.00. The minimum Gasteiger partial charge on any atom is -0.391 e. The molecule has 0 radical (unpaired) electrons. The van der Waals surface area contributed by atoms with Crippen LogP contribution in [0.5, 0.6) is 0 Å². The Morgan fingerprint density at radius 1 is 1.23 bits per heavy atom. The molecule has 1 N–H and O–H groups in total. The number of halogens is 2. The third-order valence-corrected chi connectivity index (χ3v) is 5.81. The molecule has 3 atom stereocenters. The fourth-order valence-electron chi connectivity index (χ4n) is 4.33. The van der Waals surface area contributed by atoms with E-state index >= 15 is 0 Å². The molecular formula is C21H21F2N5O2. The van der Waals surface area contributed by atoms with Gasteiger partial charge in [0.1, 0.15) is 23.4 Å². The minimum atomic E-state index is -1.06. The number of β-amino-alcohol motifs (C(OH)–C–C–N with tert-alkyl or cyclic N) is 1. The molecule has 2 fully saturated rings. The van der Waals surface area contributed by atoms with Gasteiger partial charge in [0.15, 0.2) is 5.65 Å². The van der Waals surface area contributed by atoms with Gasteiger partial charge in [-0.15, -0.1) is 0 Å². The van der Waals surface area contributed by atoms with E-state index in [-0.39, 0.29) is 37.3 Å². The average molecular weight is 413 g/mol. The van der Waals surface area contributed by atoms with Gasteiger partial charge in [-0.2, -0.15) is 5.10 Å². The number of aliphatic hydroxyl groups excluding tert-OH is 1. The molecule has 7 nitrogen and oxygen atoms in total. The smallest absolute Gasteiger partial charge is 0.259 e. The number of anilines is 1. The number of carbonyl (C=O) groups excluding carboxylic acids is 1. The molecule has 0 aliphatic carbocycles. The van der Waals surface area contributed by atoms with E-state index in [2.05, 4.69) is 10.1 Å². The Kier molecular flexibility index (Phi) is 4.62. The Labute approximate surface area is 171 Å². The molecule has 3 aromatic rings. The molecule has 2 saturated heterocycles. The van der Waals surface area contributed by atoms with Crippen LogP contribution in [0.1, 0.15) is 34.8 Å². The Morgan fingerprint density at radius 2 is 2.10 bits per heavy atom. The lowest BCUT2D eigenvalue weighted by Crippen LogP contribution is -2.29. The summed E-state index contributed by atoms with van der Waals surface area (Å²) in [6.07, 6.45) is 2.36. The number of aromatic nitrogens is 3. The van der Waals surface area contributed by atoms with Gasteiger partial charge in [0.25, 0.3) is 5.91 Å². The molecule has 1 aromatic carbocycles. The van der Waals surface area contributed by atoms with E-state index in [0.29, 0.717) is 35.6 Å². The molecule has 0 bridgehead atoms. The van der Waals surface area contributed by atoms with Crippen molar-refractivity contribution in [2.45, 2.75) is 31.2 Å². The predicted octanol–water partition coefficient (Wildman–Crippen LogP) is 2.36. The van der Waals surface area contributed by atoms with Gasteiger partial charge in [-0.25, -0.2) is 18.3 Å². The van der Waals surface area contributed by atoms with Gasteiger partial charge in [0.05, 0.1) is 24.9 Å². The third kappa shape index (κ3) is 3.28. The Balaban J connectivity index is 1.50. The predicted molar refractivity (Wildman–Crippen MR) is 106 cm³/mol. The highest BCUT2D eigenvalue weighted by atomic mass is 19.1. The summed E-state index contributed by atoms with van der Waals surface area (Å²) in [7, 11) is 0. The molecule has 30 heavy (non-hydrogen) atoms. The van der Waals surface area contributed by atoms with E-state index in [1.807, 2.05) is 0 Å². The van der Waals surface area contributed by atoms with Crippen molar-refractivity contribution >= 4 is 17.4 Å². The van der Waals surface area contributed by atoms with E-state index in [4.69, 9.17) is 0 Å². The van der Waals surface area contributed by atoms with Gasteiger partial charge < -0.3 is 14.9 Å². The number of alkyl halides is 1. The summed E-state index contributed by atoms with van der Waals surface area (Å²) in [6.45, 7) is 0.904. The number of nitrogens with zero attached hydrogens (tertiary/aromatic N) is 5. The van der Waals surface area contributed by atoms with Gasteiger partial charge in [-0.05, 0) is 30.2 Å². The highest BCUT2D eigenvalue weighted by Gasteiger charge is 2.35. The van der Waals surface area contributed by atoms with Gasteiger partial charge in [0.2, 0.25) is 0 Å². The van der Waals surface area contributed by atoms with Gasteiger partial charge in [-0.1, -0.05) is 12.1 Å². The molecule has 0 unspecified atom stereocenters. The summed E-state index contributed by atoms with van der Waals surface area (Å²) >= 11 is 0. The molecule has 1 amide bonds. The quantitative estimate of drug-likeness (QED) is 0.714. The zero-order chi connectivity index (χ0) is 20.8. The third-order valence-electron chi connectivity index (χ3n) is 5.81. The number of carbonyl (C=O) groups is 1. The lowest BCUT2D eigenvalue weighted by molar-refractivity contribution is 0.0766. The SMILES string of the molecule is O=C(c1cnn2ccc(N3C[C@@H](F)C[C@@H]3c3cccc(F)c3)nc12)N1CC[C@@H](O)C1. The van der Waals surface area contributed by atoms with E-state index in [0.717, 1.165) is 0 Å². The second kappa shape index (κ2) is 7.32. The Morgan fingerprint density at radius 3 is 2.87 bits per heavy atom. The fraction of sp³-hybridized carbons (Fsp3) is 0.381. The number of fused-ring (bicyclic) bond motifs is 1. The van der Waals surface area contributed by atoms with Crippen LogP contribution in [0.15, 0.2) is 42.7 Å². The normalized spacial score (nSPS) is 24.2. The maximum absolute atomic E-state index is 14.3. The van der Waals surface area contributed by atoms with Crippen LogP contribution in [0.2, 0.25) is 0 Å². The molecule has 9 heteroatoms. The topological polar surface area (TPSA) is 74.0 Å². The first kappa shape index (κ1) is 18.9. The van der Waals surface area contributed by atoms with Crippen LogP contribution in [-0.4, -0.2) is 62.4 Å². The molecule has 2 aliphatic heterocycles. The Bertz CT molecular complexity index is 1100. The number of amides is 1. The summed E-state index contributed by atoms with van der Waals surface area (Å²) in [4.78, 5) is 20.9. The van der Waals surface area contributed by atoms with Crippen molar-refractivity contribution in [3.8, 4) is 0 Å². The largest absolute Gasteiger partial charge is 0.391 e. The number of likely N-dealkylation sites (tertiary alicyclic amines) is 1. The van der Waals surface area contributed by atoms with Crippen LogP contribution in [0.4, 0.5) is 14.6 Å². The minimum absolute atomic E-state index is 0.139. The molecule has 0 saturated carbocycles. The number of benzene rings is 1. The highest BCUT2D eigenvalue weighted by Crippen LogP contribution is 2.37. The van der Waals surface area contributed by atoms with Gasteiger partial charge in [0, 0.05) is 25.7 Å². The first-order chi connectivity index (χ1) is 14.5. The van der Waals surface area contributed by atoms with Crippen LogP contribution < -0.4 is 4.90 Å². The van der Waals surface area contributed by atoms with E-state index in [9.17, 15) is 18.7 Å². The van der Waals surface area contributed by atoms with Crippen LogP contribution >= 0.6 is 0 Å². The first-order valence-electron chi connectivity index (χ1n) is 9.97. The molecule has 4 heterocycles. The summed E-state index contributed by atoms with van der Waals surface area (Å²) in [5.41, 5.74) is 1.40. The first-order valence-corrected chi connectivity index (χ1v) is 9.97. The van der Waals surface area contributed by atoms with Crippen LogP contribution in [0.25, 0.3) is 5.65 Å². The van der Waals surface area contributed by atoms with Crippen molar-refractivity contribution in [1.29, 1.82) is 0 Å². The monoisotopic (exact) mass is 413 g/mol. The lowest BCUT2D eigenvalue weighted by Gasteiger charge is -2.26. The van der Waals surface area contributed by atoms with Crippen molar-refractivity contribution in [1.82, 2.24) is 19.5 Å². The summed E-state index contributed by atoms with van der Waals surface area (Å²) < 4.78 is 29.6. The van der Waals surface area contributed by atoms with Crippen LogP contribution in [0.3, 0.4) is 0 Å². The van der Waals surface area contributed by atoms with Crippen molar-refractivity contribution in [2.75, 3.05) is 24.5 Å². The Hall–Kier alpha value is -3.07. The zero-order valence-electron chi connectivity index (χ0n) is 16.2. The zero-order valence-corrected chi connectivity index (χ0v) is 16.2. The van der Waals surface area contributed by atoms with E-state index < -0.39 is 12.3 Å². The standard InChI is InChI=1S/C21H21F2N5O2/c22-14-3-1-2-13(8-14)18-9-15(23)11-27(18)19-5-7-28-20(25-19)17(10-24-28)21(30)26-6-4-16(29)12-26/h1-3,5,7-8,10,15-16,18,29H,4,6,9,11-12H2/t15-,16+,18+/m0/s1. The number of hydrogen-bond acceptors (Lipinski definition) is 5. The maximum Gasteiger partial charge on any atom is 0.259 e. The average Bonchev–Trinajstić information content (AvgIpc) is 3.45. The van der Waals surface area contributed by atoms with Crippen molar-refractivity contribution in [2.24, 2.45) is 0 Å². The molecular weight excluding hydrogens is 392 g/mol. The van der Waals surface area contributed by atoms with Crippen molar-refractivity contribution < 1.29 is 18.7 Å². The lowest BCUT2D eigenvalue weighted by atomic mass is 10.0. The van der Waals surface area contributed by atoms with E-state index in [1.54, 1.807) is 34.2 Å². The molecule has 156 valence electrons. The number of rotatable bonds is 3. The second-order valence-electron chi connectivity index (χ2n) is 7.86. The molecule has 0 spiro atoms. The second-order valence-corrected chi connectivity index (χ2v) is 7.86. The van der Waals surface area contributed by atoms with Crippen LogP contribution in [0, 0.1) is 5.82 Å². The van der Waals surface area contributed by atoms with Crippen molar-refractivity contribution in [3.05, 3.63) is 59.7 Å². The van der Waals surface area contributed by atoms with Gasteiger partial charge in [-0.3, -0.25) is 4.79 Å². The number of hydrogen-bond donors (Lipinski definition) is 1. The van der Waals surface area contributed by atoms with Crippen LogP contribution in [-0.2, 0) is 0 Å².